The zero-order valence-electron chi connectivity index (χ0n) is 47.9. The number of benzene rings is 13. The number of hydrogen-bond donors (Lipinski definition) is 0. The Labute approximate surface area is 512 Å². The minimum absolute atomic E-state index is 0.163. The summed E-state index contributed by atoms with van der Waals surface area (Å²) >= 11 is 0. The highest BCUT2D eigenvalue weighted by Gasteiger charge is 2.45. The van der Waals surface area contributed by atoms with E-state index < -0.39 is 0 Å². The van der Waals surface area contributed by atoms with Crippen LogP contribution in [-0.4, -0.2) is 27.1 Å². The van der Waals surface area contributed by atoms with E-state index in [4.69, 9.17) is 14.2 Å². The number of rotatable bonds is 6. The van der Waals surface area contributed by atoms with Gasteiger partial charge in [-0.25, -0.2) is 0 Å². The largest absolute Gasteiger partial charge is 0.458 e. The third-order valence-electron chi connectivity index (χ3n) is 19.2. The molecule has 0 fully saturated rings. The van der Waals surface area contributed by atoms with Crippen molar-refractivity contribution in [3.63, 3.8) is 0 Å². The Balaban J connectivity index is 0.856. The van der Waals surface area contributed by atoms with Gasteiger partial charge in [0.2, 0.25) is 0 Å². The SMILES string of the molecule is c1ccc(-c2c(-c3cc4c5c(c3)N(c3ccccc3)c3cc(-n6c7ccccc7c7ccccc76)ccc3B5c3ccc(-n5c6ccccc6c6ccccc65)cc3O4)cc3c4c2Oc2cc(-n5ccc6ccccc65)ccc2B4c2ccccc2O3)cc1. The smallest absolute Gasteiger partial charge is 0.260 e. The zero-order chi connectivity index (χ0) is 58.0. The Hall–Kier alpha value is -11.7. The van der Waals surface area contributed by atoms with Gasteiger partial charge in [-0.3, -0.25) is 0 Å². The van der Waals surface area contributed by atoms with Gasteiger partial charge in [-0.05, 0) is 146 Å². The van der Waals surface area contributed by atoms with Gasteiger partial charge in [-0.15, -0.1) is 0 Å². The second-order valence-corrected chi connectivity index (χ2v) is 23.9. The molecule has 4 aliphatic heterocycles. The molecule has 0 radical (unpaired) electrons. The lowest BCUT2D eigenvalue weighted by Gasteiger charge is -2.41. The van der Waals surface area contributed by atoms with Crippen molar-refractivity contribution >= 4 is 118 Å². The number of fused-ring (bicyclic) bond motifs is 15. The summed E-state index contributed by atoms with van der Waals surface area (Å²) in [4.78, 5) is 2.47. The summed E-state index contributed by atoms with van der Waals surface area (Å²) < 4.78 is 29.5. The van der Waals surface area contributed by atoms with E-state index in [-0.39, 0.29) is 13.4 Å². The highest BCUT2D eigenvalue weighted by molar-refractivity contribution is 6.99. The molecule has 0 spiro atoms. The Morgan fingerprint density at radius 2 is 0.798 bits per heavy atom. The Bertz CT molecular complexity index is 5600. The maximum atomic E-state index is 7.63. The summed E-state index contributed by atoms with van der Waals surface area (Å²) in [6.45, 7) is -0.360. The van der Waals surface area contributed by atoms with Crippen molar-refractivity contribution in [2.75, 3.05) is 4.90 Å². The van der Waals surface area contributed by atoms with Crippen molar-refractivity contribution in [3.05, 3.63) is 291 Å². The van der Waals surface area contributed by atoms with Crippen LogP contribution >= 0.6 is 0 Å². The van der Waals surface area contributed by atoms with Crippen molar-refractivity contribution < 1.29 is 14.2 Å². The predicted octanol–water partition coefficient (Wildman–Crippen LogP) is 16.3. The highest BCUT2D eigenvalue weighted by Crippen LogP contribution is 2.51. The van der Waals surface area contributed by atoms with Crippen LogP contribution in [0.5, 0.6) is 34.5 Å². The number of nitrogens with zero attached hydrogens (tertiary/aromatic N) is 4. The van der Waals surface area contributed by atoms with Gasteiger partial charge in [0.25, 0.3) is 13.4 Å². The number of ether oxygens (including phenoxy) is 3. The molecule has 0 saturated carbocycles. The summed E-state index contributed by atoms with van der Waals surface area (Å²) in [5, 5.41) is 6.04. The van der Waals surface area contributed by atoms with Crippen LogP contribution in [0.1, 0.15) is 0 Å². The van der Waals surface area contributed by atoms with Crippen LogP contribution in [0, 0.1) is 0 Å². The van der Waals surface area contributed by atoms with Crippen LogP contribution in [0.4, 0.5) is 17.1 Å². The number of hydrogen-bond acceptors (Lipinski definition) is 4. The topological polar surface area (TPSA) is 45.7 Å². The standard InChI is InChI=1S/C80H48B2N4O3/c1-3-20-50(21-4-1)77-60(48-76-79-80(77)89-74-46-53(83-42-41-49-19-7-13-29-65(49)83)35-39-64(74)82(79)62-28-12-18-34-72(62)87-76)51-43-71-78-75(44-51)88-73-47-55(86-68-32-16-10-26-58(68)59-27-11-17-33-69(59)86)37-40-63(73)81(78)61-38-36-54(45-70(61)84(71)52-22-5-2-6-23-52)85-66-30-14-8-24-56(66)57-25-9-15-31-67(57)85/h1-48H. The molecule has 0 amide bonds. The van der Waals surface area contributed by atoms with Crippen molar-refractivity contribution in [3.8, 4) is 73.8 Å². The van der Waals surface area contributed by atoms with Crippen LogP contribution in [0.3, 0.4) is 0 Å². The first-order valence-electron chi connectivity index (χ1n) is 30.5. The monoisotopic (exact) mass is 1130 g/mol. The highest BCUT2D eigenvalue weighted by atomic mass is 16.5. The quantitative estimate of drug-likeness (QED) is 0.156. The van der Waals surface area contributed by atoms with Crippen LogP contribution in [-0.2, 0) is 0 Å². The third-order valence-corrected chi connectivity index (χ3v) is 19.2. The van der Waals surface area contributed by atoms with Gasteiger partial charge in [0.05, 0.1) is 27.6 Å². The normalized spacial score (nSPS) is 13.1. The molecule has 20 rings (SSSR count). The summed E-state index contributed by atoms with van der Waals surface area (Å²) in [5.74, 6) is 4.78. The van der Waals surface area contributed by atoms with E-state index in [1.807, 2.05) is 0 Å². The molecule has 16 aromatic rings. The fraction of sp³-hybridized carbons (Fsp3) is 0. The Morgan fingerprint density at radius 3 is 1.48 bits per heavy atom. The predicted molar refractivity (Wildman–Crippen MR) is 366 cm³/mol. The fourth-order valence-corrected chi connectivity index (χ4v) is 15.5. The molecule has 0 saturated heterocycles. The van der Waals surface area contributed by atoms with Crippen LogP contribution in [0.15, 0.2) is 291 Å². The first-order valence-corrected chi connectivity index (χ1v) is 30.5. The van der Waals surface area contributed by atoms with Gasteiger partial charge < -0.3 is 32.8 Å². The fourth-order valence-electron chi connectivity index (χ4n) is 15.5. The Morgan fingerprint density at radius 1 is 0.292 bits per heavy atom. The van der Waals surface area contributed by atoms with Gasteiger partial charge in [0, 0.05) is 85.0 Å². The lowest BCUT2D eigenvalue weighted by molar-refractivity contribution is 0.466. The minimum Gasteiger partial charge on any atom is -0.458 e. The number of aromatic nitrogens is 3. The maximum Gasteiger partial charge on any atom is 0.260 e. The molecule has 3 aromatic heterocycles. The molecule has 0 aliphatic carbocycles. The van der Waals surface area contributed by atoms with E-state index in [2.05, 4.69) is 310 Å². The molecule has 4 aliphatic rings. The van der Waals surface area contributed by atoms with E-state index in [0.717, 1.165) is 146 Å². The van der Waals surface area contributed by atoms with E-state index in [1.165, 1.54) is 32.4 Å². The molecule has 7 nitrogen and oxygen atoms in total. The second kappa shape index (κ2) is 18.4. The third kappa shape index (κ3) is 6.95. The molecule has 7 heterocycles. The molecule has 0 atom stereocenters. The average Bonchev–Trinajstić information content (AvgIpc) is 1.27. The van der Waals surface area contributed by atoms with Crippen LogP contribution in [0.2, 0.25) is 0 Å². The van der Waals surface area contributed by atoms with Gasteiger partial charge in [-0.2, -0.15) is 0 Å². The minimum atomic E-state index is -0.197. The van der Waals surface area contributed by atoms with Gasteiger partial charge in [0.15, 0.2) is 0 Å². The Kier molecular flexibility index (Phi) is 10.1. The van der Waals surface area contributed by atoms with Crippen LogP contribution < -0.4 is 51.9 Å². The second-order valence-electron chi connectivity index (χ2n) is 23.9. The van der Waals surface area contributed by atoms with Gasteiger partial charge >= 0.3 is 0 Å². The molecule has 0 N–H and O–H groups in total. The van der Waals surface area contributed by atoms with E-state index >= 15 is 0 Å². The molecular weight excluding hydrogens is 1090 g/mol. The molecular formula is C80H48B2N4O3. The summed E-state index contributed by atoms with van der Waals surface area (Å²) in [6, 6.07) is 103. The number of anilines is 3. The molecule has 0 bridgehead atoms. The van der Waals surface area contributed by atoms with E-state index in [1.54, 1.807) is 0 Å². The summed E-state index contributed by atoms with van der Waals surface area (Å²) in [7, 11) is 0. The molecule has 13 aromatic carbocycles. The van der Waals surface area contributed by atoms with E-state index in [0.29, 0.717) is 0 Å². The van der Waals surface area contributed by atoms with E-state index in [9.17, 15) is 0 Å². The van der Waals surface area contributed by atoms with Gasteiger partial charge in [0.1, 0.15) is 34.5 Å². The van der Waals surface area contributed by atoms with Crippen molar-refractivity contribution in [2.45, 2.75) is 0 Å². The lowest BCUT2D eigenvalue weighted by Crippen LogP contribution is -2.59. The maximum absolute atomic E-state index is 7.63. The molecule has 89 heavy (non-hydrogen) atoms. The number of para-hydroxylation sites is 7. The van der Waals surface area contributed by atoms with Gasteiger partial charge in [-0.1, -0.05) is 176 Å². The first kappa shape index (κ1) is 48.6. The molecule has 0 unspecified atom stereocenters. The van der Waals surface area contributed by atoms with Crippen molar-refractivity contribution in [1.82, 2.24) is 13.7 Å². The van der Waals surface area contributed by atoms with Crippen molar-refractivity contribution in [1.29, 1.82) is 0 Å². The lowest BCUT2D eigenvalue weighted by atomic mass is 9.34. The molecule has 9 heteroatoms. The van der Waals surface area contributed by atoms with Crippen molar-refractivity contribution in [2.24, 2.45) is 0 Å². The summed E-state index contributed by atoms with van der Waals surface area (Å²) in [6.07, 6.45) is 2.15. The zero-order valence-corrected chi connectivity index (χ0v) is 47.9. The van der Waals surface area contributed by atoms with Crippen LogP contribution in [0.25, 0.3) is 93.8 Å². The first-order chi connectivity index (χ1) is 44.1. The summed E-state index contributed by atoms with van der Waals surface area (Å²) in [5.41, 5.74) is 22.6. The average molecular weight is 1130 g/mol. The molecule has 412 valence electrons.